The summed E-state index contributed by atoms with van der Waals surface area (Å²) in [5.41, 5.74) is 7.56. The predicted molar refractivity (Wildman–Crippen MR) is 71.0 cm³/mol. The minimum atomic E-state index is 0.391. The van der Waals surface area contributed by atoms with E-state index in [1.165, 1.54) is 0 Å². The average molecular weight is 254 g/mol. The number of methoxy groups -OCH3 is 1. The second-order valence-electron chi connectivity index (χ2n) is 4.17. The van der Waals surface area contributed by atoms with Crippen LogP contribution in [-0.2, 0) is 0 Å². The van der Waals surface area contributed by atoms with Gasteiger partial charge in [-0.2, -0.15) is 0 Å². The third kappa shape index (κ3) is 3.03. The number of aliphatic imine (C=N–C) groups is 1. The Hall–Kier alpha value is -1.42. The number of halogens is 1. The molecule has 0 amide bonds. The van der Waals surface area contributed by atoms with Crippen LogP contribution in [0.15, 0.2) is 17.1 Å². The van der Waals surface area contributed by atoms with E-state index in [-0.39, 0.29) is 0 Å². The van der Waals surface area contributed by atoms with Gasteiger partial charge in [-0.1, -0.05) is 11.6 Å². The highest BCUT2D eigenvalue weighted by atomic mass is 35.5. The van der Waals surface area contributed by atoms with Crippen molar-refractivity contribution in [3.05, 3.63) is 22.7 Å². The number of hydrogen-bond donors (Lipinski definition) is 2. The maximum Gasteiger partial charge on any atom is 0.193 e. The van der Waals surface area contributed by atoms with Crippen LogP contribution in [0.1, 0.15) is 18.4 Å². The topological polar surface area (TPSA) is 59.6 Å². The Bertz CT molecular complexity index is 455. The Balaban J connectivity index is 2.21. The summed E-state index contributed by atoms with van der Waals surface area (Å²) in [6, 6.07) is 4.06. The summed E-state index contributed by atoms with van der Waals surface area (Å²) in [6.45, 7) is 1.93. The van der Waals surface area contributed by atoms with Gasteiger partial charge >= 0.3 is 0 Å². The summed E-state index contributed by atoms with van der Waals surface area (Å²) >= 11 is 6.03. The highest BCUT2D eigenvalue weighted by Gasteiger charge is 2.20. The highest BCUT2D eigenvalue weighted by Crippen LogP contribution is 2.31. The van der Waals surface area contributed by atoms with E-state index in [4.69, 9.17) is 22.1 Å². The molecule has 0 radical (unpaired) electrons. The van der Waals surface area contributed by atoms with E-state index in [0.29, 0.717) is 22.8 Å². The van der Waals surface area contributed by atoms with Crippen molar-refractivity contribution >= 4 is 23.2 Å². The predicted octanol–water partition coefficient (Wildman–Crippen LogP) is 2.55. The van der Waals surface area contributed by atoms with Gasteiger partial charge in [-0.15, -0.1) is 0 Å². The number of nitrogens with one attached hydrogen (secondary N) is 1. The smallest absolute Gasteiger partial charge is 0.193 e. The molecule has 0 aliphatic heterocycles. The molecule has 0 atom stereocenters. The Morgan fingerprint density at radius 1 is 1.53 bits per heavy atom. The summed E-state index contributed by atoms with van der Waals surface area (Å²) in [7, 11) is 1.60. The van der Waals surface area contributed by atoms with Crippen molar-refractivity contribution in [2.24, 2.45) is 10.7 Å². The van der Waals surface area contributed by atoms with Gasteiger partial charge in [0.05, 0.1) is 18.8 Å². The minimum Gasteiger partial charge on any atom is -0.495 e. The van der Waals surface area contributed by atoms with Crippen molar-refractivity contribution in [2.45, 2.75) is 25.8 Å². The molecule has 1 aliphatic rings. The molecule has 0 aromatic heterocycles. The number of anilines is 1. The SMILES string of the molecule is COc1cc(Cl)c(C)cc1NC(N)=NC1CC1. The first kappa shape index (κ1) is 12.0. The highest BCUT2D eigenvalue weighted by molar-refractivity contribution is 6.31. The lowest BCUT2D eigenvalue weighted by atomic mass is 10.2. The van der Waals surface area contributed by atoms with Gasteiger partial charge in [-0.3, -0.25) is 0 Å². The van der Waals surface area contributed by atoms with E-state index in [9.17, 15) is 0 Å². The number of hydrogen-bond acceptors (Lipinski definition) is 2. The van der Waals surface area contributed by atoms with Crippen LogP contribution in [0.25, 0.3) is 0 Å². The van der Waals surface area contributed by atoms with Crippen molar-refractivity contribution in [2.75, 3.05) is 12.4 Å². The Labute approximate surface area is 106 Å². The summed E-state index contributed by atoms with van der Waals surface area (Å²) in [4.78, 5) is 4.31. The quantitative estimate of drug-likeness (QED) is 0.643. The van der Waals surface area contributed by atoms with E-state index in [2.05, 4.69) is 10.3 Å². The number of nitrogens with zero attached hydrogens (tertiary/aromatic N) is 1. The molecule has 0 heterocycles. The van der Waals surface area contributed by atoms with Gasteiger partial charge in [-0.05, 0) is 31.4 Å². The van der Waals surface area contributed by atoms with Crippen LogP contribution in [0.3, 0.4) is 0 Å². The molecule has 3 N–H and O–H groups in total. The molecule has 2 rings (SSSR count). The third-order valence-corrected chi connectivity index (χ3v) is 3.02. The maximum absolute atomic E-state index is 6.03. The first-order valence-electron chi connectivity index (χ1n) is 5.54. The molecule has 1 fully saturated rings. The van der Waals surface area contributed by atoms with Gasteiger partial charge in [0.25, 0.3) is 0 Å². The van der Waals surface area contributed by atoms with Gasteiger partial charge in [0.2, 0.25) is 0 Å². The fraction of sp³-hybridized carbons (Fsp3) is 0.417. The second-order valence-corrected chi connectivity index (χ2v) is 4.58. The fourth-order valence-electron chi connectivity index (χ4n) is 1.50. The van der Waals surface area contributed by atoms with Gasteiger partial charge in [0, 0.05) is 11.1 Å². The molecule has 1 aromatic carbocycles. The average Bonchev–Trinajstić information content (AvgIpc) is 3.06. The molecule has 1 saturated carbocycles. The summed E-state index contributed by atoms with van der Waals surface area (Å²) < 4.78 is 5.25. The molecule has 0 saturated heterocycles. The van der Waals surface area contributed by atoms with E-state index in [0.717, 1.165) is 24.1 Å². The Kier molecular flexibility index (Phi) is 3.43. The van der Waals surface area contributed by atoms with Crippen LogP contribution in [-0.4, -0.2) is 19.1 Å². The Morgan fingerprint density at radius 3 is 2.82 bits per heavy atom. The van der Waals surface area contributed by atoms with Crippen LogP contribution in [0.2, 0.25) is 5.02 Å². The van der Waals surface area contributed by atoms with Crippen molar-refractivity contribution in [1.82, 2.24) is 0 Å². The number of rotatable bonds is 3. The molecule has 17 heavy (non-hydrogen) atoms. The molecule has 92 valence electrons. The van der Waals surface area contributed by atoms with Crippen LogP contribution >= 0.6 is 11.6 Å². The lowest BCUT2D eigenvalue weighted by molar-refractivity contribution is 0.417. The number of nitrogens with two attached hydrogens (primary N) is 1. The third-order valence-electron chi connectivity index (χ3n) is 2.61. The van der Waals surface area contributed by atoms with E-state index in [1.807, 2.05) is 13.0 Å². The zero-order valence-corrected chi connectivity index (χ0v) is 10.7. The number of ether oxygens (including phenoxy) is 1. The summed E-state index contributed by atoms with van der Waals surface area (Å²) in [6.07, 6.45) is 2.25. The Morgan fingerprint density at radius 2 is 2.24 bits per heavy atom. The van der Waals surface area contributed by atoms with Gasteiger partial charge in [-0.25, -0.2) is 4.99 Å². The van der Waals surface area contributed by atoms with E-state index >= 15 is 0 Å². The number of benzene rings is 1. The van der Waals surface area contributed by atoms with E-state index in [1.54, 1.807) is 13.2 Å². The zero-order chi connectivity index (χ0) is 12.4. The largest absolute Gasteiger partial charge is 0.495 e. The van der Waals surface area contributed by atoms with Crippen molar-refractivity contribution < 1.29 is 4.74 Å². The van der Waals surface area contributed by atoms with Crippen molar-refractivity contribution in [3.8, 4) is 5.75 Å². The second kappa shape index (κ2) is 4.84. The molecule has 1 aromatic rings. The van der Waals surface area contributed by atoms with Crippen LogP contribution in [0.5, 0.6) is 5.75 Å². The lowest BCUT2D eigenvalue weighted by Gasteiger charge is -2.12. The normalized spacial score (nSPS) is 15.8. The van der Waals surface area contributed by atoms with Crippen LogP contribution < -0.4 is 15.8 Å². The minimum absolute atomic E-state index is 0.391. The van der Waals surface area contributed by atoms with E-state index < -0.39 is 0 Å². The molecule has 1 aliphatic carbocycles. The molecular formula is C12H16ClN3O. The van der Waals surface area contributed by atoms with Crippen LogP contribution in [0.4, 0.5) is 5.69 Å². The molecule has 0 unspecified atom stereocenters. The first-order chi connectivity index (χ1) is 8.10. The number of aryl methyl sites for hydroxylation is 1. The fourth-order valence-corrected chi connectivity index (χ4v) is 1.65. The standard InChI is InChI=1S/C12H16ClN3O/c1-7-5-10(11(17-2)6-9(7)13)16-12(14)15-8-3-4-8/h5-6,8H,3-4H2,1-2H3,(H3,14,15,16). The summed E-state index contributed by atoms with van der Waals surface area (Å²) in [5.74, 6) is 1.09. The first-order valence-corrected chi connectivity index (χ1v) is 5.92. The van der Waals surface area contributed by atoms with Gasteiger partial charge < -0.3 is 15.8 Å². The monoisotopic (exact) mass is 253 g/mol. The zero-order valence-electron chi connectivity index (χ0n) is 9.96. The summed E-state index contributed by atoms with van der Waals surface area (Å²) in [5, 5.41) is 3.72. The lowest BCUT2D eigenvalue weighted by Crippen LogP contribution is -2.23. The molecular weight excluding hydrogens is 238 g/mol. The van der Waals surface area contributed by atoms with Crippen molar-refractivity contribution in [3.63, 3.8) is 0 Å². The van der Waals surface area contributed by atoms with Gasteiger partial charge in [0.1, 0.15) is 5.75 Å². The maximum atomic E-state index is 6.03. The molecule has 5 heteroatoms. The van der Waals surface area contributed by atoms with Crippen LogP contribution in [0, 0.1) is 6.92 Å². The number of guanidine groups is 1. The molecule has 0 bridgehead atoms. The van der Waals surface area contributed by atoms with Crippen molar-refractivity contribution in [1.29, 1.82) is 0 Å². The molecule has 4 nitrogen and oxygen atoms in total. The van der Waals surface area contributed by atoms with Gasteiger partial charge in [0.15, 0.2) is 5.96 Å². The molecule has 0 spiro atoms.